The van der Waals surface area contributed by atoms with E-state index in [4.69, 9.17) is 0 Å². The third kappa shape index (κ3) is 4.99. The Balaban J connectivity index is 2.50. The normalized spacial score (nSPS) is 10.8. The largest absolute Gasteiger partial charge is 0.330 e. The van der Waals surface area contributed by atoms with Crippen LogP contribution in [0.5, 0.6) is 0 Å². The van der Waals surface area contributed by atoms with Gasteiger partial charge in [-0.1, -0.05) is 45.4 Å². The van der Waals surface area contributed by atoms with E-state index in [0.29, 0.717) is 6.42 Å². The number of Topliss-reactive ketones (excluding diaryl/α,β-unsaturated/α-hetero) is 1. The van der Waals surface area contributed by atoms with Gasteiger partial charge in [-0.15, -0.1) is 0 Å². The van der Waals surface area contributed by atoms with Crippen molar-refractivity contribution in [1.82, 2.24) is 9.13 Å². The van der Waals surface area contributed by atoms with Crippen LogP contribution in [0.25, 0.3) is 0 Å². The zero-order chi connectivity index (χ0) is 15.8. The maximum atomic E-state index is 12.1. The molecule has 1 aromatic rings. The summed E-state index contributed by atoms with van der Waals surface area (Å²) < 4.78 is 2.26. The maximum Gasteiger partial charge on any atom is 0.330 e. The molecule has 1 aromatic heterocycles. The minimum absolute atomic E-state index is 0.116. The minimum atomic E-state index is -0.494. The topological polar surface area (TPSA) is 61.1 Å². The lowest BCUT2D eigenvalue weighted by molar-refractivity contribution is 0.0976. The first-order chi connectivity index (χ1) is 9.99. The molecule has 5 heteroatoms. The van der Waals surface area contributed by atoms with Crippen molar-refractivity contribution in [2.75, 3.05) is 0 Å². The number of aromatic nitrogens is 2. The van der Waals surface area contributed by atoms with Crippen LogP contribution in [-0.4, -0.2) is 14.9 Å². The van der Waals surface area contributed by atoms with Crippen molar-refractivity contribution in [3.05, 3.63) is 32.6 Å². The molecule has 118 valence electrons. The summed E-state index contributed by atoms with van der Waals surface area (Å²) in [4.78, 5) is 35.6. The fraction of sp³-hybridized carbons (Fsp3) is 0.688. The van der Waals surface area contributed by atoms with E-state index in [0.717, 1.165) is 23.8 Å². The van der Waals surface area contributed by atoms with Crippen molar-refractivity contribution in [2.45, 2.75) is 58.3 Å². The predicted molar refractivity (Wildman–Crippen MR) is 83.9 cm³/mol. The second-order valence-electron chi connectivity index (χ2n) is 5.59. The first-order valence-electron chi connectivity index (χ1n) is 7.79. The average Bonchev–Trinajstić information content (AvgIpc) is 2.47. The number of hydrogen-bond donors (Lipinski definition) is 0. The van der Waals surface area contributed by atoms with Crippen LogP contribution in [0.1, 0.15) is 68.6 Å². The van der Waals surface area contributed by atoms with E-state index in [-0.39, 0.29) is 11.3 Å². The molecule has 0 fully saturated rings. The van der Waals surface area contributed by atoms with Gasteiger partial charge in [-0.25, -0.2) is 4.79 Å². The number of carbonyl (C=O) groups excluding carboxylic acids is 1. The molecule has 0 aromatic carbocycles. The van der Waals surface area contributed by atoms with Crippen molar-refractivity contribution in [2.24, 2.45) is 14.1 Å². The number of aryl methyl sites for hydroxylation is 1. The molecule has 0 aliphatic rings. The Bertz CT molecular complexity index is 584. The molecule has 5 nitrogen and oxygen atoms in total. The predicted octanol–water partition coefficient (Wildman–Crippen LogP) is 2.41. The number of carbonyl (C=O) groups is 1. The molecule has 1 rings (SSSR count). The molecule has 0 radical (unpaired) electrons. The molecule has 0 spiro atoms. The molecule has 0 aliphatic heterocycles. The lowest BCUT2D eigenvalue weighted by Crippen LogP contribution is -2.39. The highest BCUT2D eigenvalue weighted by Gasteiger charge is 2.14. The smallest absolute Gasteiger partial charge is 0.303 e. The van der Waals surface area contributed by atoms with Crippen molar-refractivity contribution in [3.8, 4) is 0 Å². The van der Waals surface area contributed by atoms with Crippen LogP contribution >= 0.6 is 0 Å². The summed E-state index contributed by atoms with van der Waals surface area (Å²) in [7, 11) is 2.95. The van der Waals surface area contributed by atoms with E-state index in [1.807, 2.05) is 0 Å². The van der Waals surface area contributed by atoms with E-state index in [9.17, 15) is 14.4 Å². The second-order valence-corrected chi connectivity index (χ2v) is 5.59. The number of hydrogen-bond acceptors (Lipinski definition) is 3. The van der Waals surface area contributed by atoms with Gasteiger partial charge in [-0.3, -0.25) is 14.2 Å². The fourth-order valence-electron chi connectivity index (χ4n) is 2.38. The van der Waals surface area contributed by atoms with Gasteiger partial charge < -0.3 is 4.57 Å². The molecule has 0 atom stereocenters. The third-order valence-electron chi connectivity index (χ3n) is 3.75. The van der Waals surface area contributed by atoms with Gasteiger partial charge in [0.15, 0.2) is 5.78 Å². The molecule has 0 N–H and O–H groups in total. The zero-order valence-electron chi connectivity index (χ0n) is 13.4. The Morgan fingerprint density at radius 3 is 2.19 bits per heavy atom. The molecule has 21 heavy (non-hydrogen) atoms. The lowest BCUT2D eigenvalue weighted by atomic mass is 10.0. The second kappa shape index (κ2) is 8.60. The first kappa shape index (κ1) is 17.4. The summed E-state index contributed by atoms with van der Waals surface area (Å²) >= 11 is 0. The quantitative estimate of drug-likeness (QED) is 0.519. The highest BCUT2D eigenvalue weighted by molar-refractivity contribution is 5.95. The van der Waals surface area contributed by atoms with Crippen LogP contribution in [0.15, 0.2) is 15.8 Å². The van der Waals surface area contributed by atoms with Crippen molar-refractivity contribution < 1.29 is 4.79 Å². The number of unbranched alkanes of at least 4 members (excludes halogenated alkanes) is 6. The number of nitrogens with zero attached hydrogens (tertiary/aromatic N) is 2. The summed E-state index contributed by atoms with van der Waals surface area (Å²) in [5, 5.41) is 0. The summed E-state index contributed by atoms with van der Waals surface area (Å²) in [5.41, 5.74) is -0.788. The number of rotatable bonds is 9. The minimum Gasteiger partial charge on any atom is -0.303 e. The van der Waals surface area contributed by atoms with Gasteiger partial charge >= 0.3 is 5.69 Å². The molecule has 0 bridgehead atoms. The highest BCUT2D eigenvalue weighted by Crippen LogP contribution is 2.09. The highest BCUT2D eigenvalue weighted by atomic mass is 16.2. The molecule has 0 amide bonds. The molecule has 0 aliphatic carbocycles. The SMILES string of the molecule is CCCCCCCCCC(=O)c1cn(C)c(=O)n(C)c1=O. The average molecular weight is 294 g/mol. The van der Waals surface area contributed by atoms with E-state index >= 15 is 0 Å². The van der Waals surface area contributed by atoms with Crippen LogP contribution < -0.4 is 11.2 Å². The number of ketones is 1. The molecule has 0 saturated heterocycles. The van der Waals surface area contributed by atoms with Crippen LogP contribution in [0.3, 0.4) is 0 Å². The molecule has 0 unspecified atom stereocenters. The van der Waals surface area contributed by atoms with Gasteiger partial charge in [0.2, 0.25) is 0 Å². The molecular weight excluding hydrogens is 268 g/mol. The first-order valence-corrected chi connectivity index (χ1v) is 7.79. The third-order valence-corrected chi connectivity index (χ3v) is 3.75. The van der Waals surface area contributed by atoms with Crippen molar-refractivity contribution in [1.29, 1.82) is 0 Å². The standard InChI is InChI=1S/C16H26N2O3/c1-4-5-6-7-8-9-10-11-14(19)13-12-17(2)16(21)18(3)15(13)20/h12H,4-11H2,1-3H3. The van der Waals surface area contributed by atoms with Crippen LogP contribution in [0.2, 0.25) is 0 Å². The lowest BCUT2D eigenvalue weighted by Gasteiger charge is -2.06. The van der Waals surface area contributed by atoms with Gasteiger partial charge in [-0.05, 0) is 6.42 Å². The van der Waals surface area contributed by atoms with E-state index < -0.39 is 11.2 Å². The van der Waals surface area contributed by atoms with E-state index in [2.05, 4.69) is 6.92 Å². The van der Waals surface area contributed by atoms with Crippen LogP contribution in [-0.2, 0) is 14.1 Å². The van der Waals surface area contributed by atoms with Gasteiger partial charge in [0, 0.05) is 26.7 Å². The van der Waals surface area contributed by atoms with E-state index in [1.54, 1.807) is 7.05 Å². The Morgan fingerprint density at radius 2 is 1.57 bits per heavy atom. The Morgan fingerprint density at radius 1 is 1.00 bits per heavy atom. The van der Waals surface area contributed by atoms with E-state index in [1.165, 1.54) is 43.5 Å². The van der Waals surface area contributed by atoms with Gasteiger partial charge in [0.05, 0.1) is 5.56 Å². The van der Waals surface area contributed by atoms with Crippen LogP contribution in [0.4, 0.5) is 0 Å². The van der Waals surface area contributed by atoms with Gasteiger partial charge in [0.25, 0.3) is 5.56 Å². The summed E-state index contributed by atoms with van der Waals surface area (Å²) in [5.74, 6) is -0.167. The van der Waals surface area contributed by atoms with Gasteiger partial charge in [-0.2, -0.15) is 0 Å². The fourth-order valence-corrected chi connectivity index (χ4v) is 2.38. The Kier molecular flexibility index (Phi) is 7.12. The Hall–Kier alpha value is -1.65. The van der Waals surface area contributed by atoms with Gasteiger partial charge in [0.1, 0.15) is 0 Å². The molecule has 0 saturated carbocycles. The Labute approximate surface area is 125 Å². The maximum absolute atomic E-state index is 12.1. The monoisotopic (exact) mass is 294 g/mol. The van der Waals surface area contributed by atoms with Crippen LogP contribution in [0, 0.1) is 0 Å². The summed E-state index contributed by atoms with van der Waals surface area (Å²) in [6.07, 6.45) is 9.66. The molecular formula is C16H26N2O3. The van der Waals surface area contributed by atoms with Crippen molar-refractivity contribution >= 4 is 5.78 Å². The van der Waals surface area contributed by atoms with Crippen molar-refractivity contribution in [3.63, 3.8) is 0 Å². The molecule has 1 heterocycles. The summed E-state index contributed by atoms with van der Waals surface area (Å²) in [6.45, 7) is 2.19. The zero-order valence-corrected chi connectivity index (χ0v) is 13.4. The summed E-state index contributed by atoms with van der Waals surface area (Å²) in [6, 6.07) is 0.